The summed E-state index contributed by atoms with van der Waals surface area (Å²) in [5.41, 5.74) is 0.626. The van der Waals surface area contributed by atoms with Crippen molar-refractivity contribution in [3.05, 3.63) is 30.1 Å². The minimum atomic E-state index is -0.358. The van der Waals surface area contributed by atoms with Gasteiger partial charge in [0.15, 0.2) is 0 Å². The van der Waals surface area contributed by atoms with Gasteiger partial charge in [0, 0.05) is 11.9 Å². The molecule has 1 aliphatic carbocycles. The quantitative estimate of drug-likeness (QED) is 0.833. The van der Waals surface area contributed by atoms with Crippen molar-refractivity contribution < 1.29 is 9.90 Å². The molecule has 0 atom stereocenters. The molecule has 4 nitrogen and oxygen atoms in total. The average molecular weight is 280 g/mol. The number of aliphatic hydroxyl groups is 1. The summed E-state index contributed by atoms with van der Waals surface area (Å²) >= 11 is 1.55. The Kier molecular flexibility index (Phi) is 5.22. The zero-order valence-corrected chi connectivity index (χ0v) is 11.8. The largest absolute Gasteiger partial charge is 0.394 e. The van der Waals surface area contributed by atoms with Gasteiger partial charge < -0.3 is 10.4 Å². The molecule has 0 saturated heterocycles. The van der Waals surface area contributed by atoms with Gasteiger partial charge in [0.1, 0.15) is 0 Å². The number of pyridine rings is 1. The van der Waals surface area contributed by atoms with Crippen LogP contribution in [0.2, 0.25) is 0 Å². The van der Waals surface area contributed by atoms with Crippen LogP contribution in [0.25, 0.3) is 0 Å². The summed E-state index contributed by atoms with van der Waals surface area (Å²) < 4.78 is 0. The Hall–Kier alpha value is -1.07. The standard InChI is InChI=1S/C14H20N2O2S/c17-11-14(6-2-3-7-14)16-13(18)10-19-9-12-5-1-4-8-15-12/h1,4-5,8,17H,2-3,6-7,9-11H2,(H,16,18). The maximum absolute atomic E-state index is 11.9. The van der Waals surface area contributed by atoms with Crippen LogP contribution in [0, 0.1) is 0 Å². The van der Waals surface area contributed by atoms with E-state index in [0.717, 1.165) is 37.1 Å². The zero-order valence-electron chi connectivity index (χ0n) is 11.0. The lowest BCUT2D eigenvalue weighted by Crippen LogP contribution is -2.49. The molecule has 1 saturated carbocycles. The summed E-state index contributed by atoms with van der Waals surface area (Å²) in [7, 11) is 0. The van der Waals surface area contributed by atoms with Crippen LogP contribution in [0.4, 0.5) is 0 Å². The Morgan fingerprint density at radius 3 is 2.84 bits per heavy atom. The number of nitrogens with zero attached hydrogens (tertiary/aromatic N) is 1. The highest BCUT2D eigenvalue weighted by Gasteiger charge is 2.34. The highest BCUT2D eigenvalue weighted by molar-refractivity contribution is 7.99. The number of hydrogen-bond donors (Lipinski definition) is 2. The molecule has 1 aromatic rings. The Bertz CT molecular complexity index is 405. The monoisotopic (exact) mass is 280 g/mol. The van der Waals surface area contributed by atoms with Gasteiger partial charge in [-0.15, -0.1) is 11.8 Å². The van der Waals surface area contributed by atoms with E-state index in [1.807, 2.05) is 18.2 Å². The van der Waals surface area contributed by atoms with Crippen molar-refractivity contribution in [3.63, 3.8) is 0 Å². The predicted octanol–water partition coefficient (Wildman–Crippen LogP) is 1.74. The summed E-state index contributed by atoms with van der Waals surface area (Å²) in [6.07, 6.45) is 5.71. The number of rotatable bonds is 6. The smallest absolute Gasteiger partial charge is 0.230 e. The molecular formula is C14H20N2O2S. The minimum Gasteiger partial charge on any atom is -0.394 e. The molecule has 1 amide bonds. The molecule has 19 heavy (non-hydrogen) atoms. The van der Waals surface area contributed by atoms with E-state index in [1.165, 1.54) is 0 Å². The summed E-state index contributed by atoms with van der Waals surface area (Å²) in [5.74, 6) is 1.16. The first kappa shape index (κ1) is 14.3. The summed E-state index contributed by atoms with van der Waals surface area (Å²) in [4.78, 5) is 16.1. The van der Waals surface area contributed by atoms with E-state index in [0.29, 0.717) is 5.75 Å². The van der Waals surface area contributed by atoms with E-state index in [-0.39, 0.29) is 18.1 Å². The van der Waals surface area contributed by atoms with Gasteiger partial charge in [0.25, 0.3) is 0 Å². The van der Waals surface area contributed by atoms with Crippen LogP contribution in [-0.4, -0.2) is 33.9 Å². The van der Waals surface area contributed by atoms with Crippen LogP contribution in [0.1, 0.15) is 31.4 Å². The van der Waals surface area contributed by atoms with Gasteiger partial charge in [-0.2, -0.15) is 0 Å². The van der Waals surface area contributed by atoms with Gasteiger partial charge in [0.2, 0.25) is 5.91 Å². The van der Waals surface area contributed by atoms with Gasteiger partial charge in [0.05, 0.1) is 23.6 Å². The highest BCUT2D eigenvalue weighted by Crippen LogP contribution is 2.29. The fourth-order valence-electron chi connectivity index (χ4n) is 2.44. The third-order valence-corrected chi connectivity index (χ3v) is 4.44. The van der Waals surface area contributed by atoms with E-state index in [2.05, 4.69) is 10.3 Å². The maximum Gasteiger partial charge on any atom is 0.230 e. The minimum absolute atomic E-state index is 0.0110. The van der Waals surface area contributed by atoms with E-state index in [4.69, 9.17) is 0 Å². The molecule has 5 heteroatoms. The molecule has 0 aromatic carbocycles. The van der Waals surface area contributed by atoms with Crippen LogP contribution in [0.3, 0.4) is 0 Å². The molecular weight excluding hydrogens is 260 g/mol. The molecule has 104 valence electrons. The number of nitrogens with one attached hydrogen (secondary N) is 1. The summed E-state index contributed by atoms with van der Waals surface area (Å²) in [6.45, 7) is 0.0453. The first-order valence-corrected chi connectivity index (χ1v) is 7.79. The van der Waals surface area contributed by atoms with Gasteiger partial charge in [-0.25, -0.2) is 0 Å². The SMILES string of the molecule is O=C(CSCc1ccccn1)NC1(CO)CCCC1. The first-order valence-electron chi connectivity index (χ1n) is 6.64. The van der Waals surface area contributed by atoms with Crippen molar-refractivity contribution in [1.82, 2.24) is 10.3 Å². The van der Waals surface area contributed by atoms with Crippen molar-refractivity contribution in [2.45, 2.75) is 37.0 Å². The van der Waals surface area contributed by atoms with Gasteiger partial charge in [-0.05, 0) is 25.0 Å². The molecule has 1 heterocycles. The molecule has 0 bridgehead atoms. The second-order valence-electron chi connectivity index (χ2n) is 5.01. The van der Waals surface area contributed by atoms with Crippen molar-refractivity contribution in [3.8, 4) is 0 Å². The number of aromatic nitrogens is 1. The molecule has 0 radical (unpaired) electrons. The van der Waals surface area contributed by atoms with Gasteiger partial charge >= 0.3 is 0 Å². The molecule has 2 N–H and O–H groups in total. The molecule has 2 rings (SSSR count). The summed E-state index contributed by atoms with van der Waals surface area (Å²) in [5, 5.41) is 12.4. The zero-order chi connectivity index (χ0) is 13.6. The van der Waals surface area contributed by atoms with Crippen LogP contribution in [0.5, 0.6) is 0 Å². The Morgan fingerprint density at radius 1 is 1.42 bits per heavy atom. The lowest BCUT2D eigenvalue weighted by molar-refractivity contribution is -0.121. The molecule has 0 unspecified atom stereocenters. The van der Waals surface area contributed by atoms with Crippen LogP contribution in [-0.2, 0) is 10.5 Å². The Labute approximate surface area is 118 Å². The van der Waals surface area contributed by atoms with Crippen molar-refractivity contribution in [2.75, 3.05) is 12.4 Å². The molecule has 1 aromatic heterocycles. The van der Waals surface area contributed by atoms with Crippen molar-refractivity contribution in [2.24, 2.45) is 0 Å². The lowest BCUT2D eigenvalue weighted by atomic mass is 9.99. The van der Waals surface area contributed by atoms with Crippen molar-refractivity contribution in [1.29, 1.82) is 0 Å². The summed E-state index contributed by atoms with van der Waals surface area (Å²) in [6, 6.07) is 5.78. The van der Waals surface area contributed by atoms with Crippen LogP contribution in [0.15, 0.2) is 24.4 Å². The topological polar surface area (TPSA) is 62.2 Å². The second-order valence-corrected chi connectivity index (χ2v) is 5.99. The average Bonchev–Trinajstić information content (AvgIpc) is 2.89. The normalized spacial score (nSPS) is 17.3. The molecule has 0 spiro atoms. The molecule has 0 aliphatic heterocycles. The van der Waals surface area contributed by atoms with Gasteiger partial charge in [-0.3, -0.25) is 9.78 Å². The van der Waals surface area contributed by atoms with Crippen LogP contribution >= 0.6 is 11.8 Å². The fourth-order valence-corrected chi connectivity index (χ4v) is 3.18. The maximum atomic E-state index is 11.9. The molecule has 1 aliphatic rings. The van der Waals surface area contributed by atoms with E-state index in [9.17, 15) is 9.90 Å². The van der Waals surface area contributed by atoms with Gasteiger partial charge in [-0.1, -0.05) is 18.9 Å². The third kappa shape index (κ3) is 4.21. The molecule has 1 fully saturated rings. The predicted molar refractivity (Wildman–Crippen MR) is 76.8 cm³/mol. The van der Waals surface area contributed by atoms with Crippen molar-refractivity contribution >= 4 is 17.7 Å². The number of hydrogen-bond acceptors (Lipinski definition) is 4. The lowest BCUT2D eigenvalue weighted by Gasteiger charge is -2.27. The first-order chi connectivity index (χ1) is 9.24. The fraction of sp³-hybridized carbons (Fsp3) is 0.571. The number of amides is 1. The Morgan fingerprint density at radius 2 is 2.21 bits per heavy atom. The Balaban J connectivity index is 1.73. The number of carbonyl (C=O) groups is 1. The van der Waals surface area contributed by atoms with E-state index < -0.39 is 0 Å². The second kappa shape index (κ2) is 6.91. The third-order valence-electron chi connectivity index (χ3n) is 3.48. The van der Waals surface area contributed by atoms with Crippen LogP contribution < -0.4 is 5.32 Å². The number of carbonyl (C=O) groups excluding carboxylic acids is 1. The van der Waals surface area contributed by atoms with E-state index >= 15 is 0 Å². The van der Waals surface area contributed by atoms with E-state index in [1.54, 1.807) is 18.0 Å². The number of aliphatic hydroxyl groups excluding tert-OH is 1. The number of thioether (sulfide) groups is 1. The highest BCUT2D eigenvalue weighted by atomic mass is 32.2.